The summed E-state index contributed by atoms with van der Waals surface area (Å²) < 4.78 is 39.1. The smallest absolute Gasteiger partial charge is 0.241 e. The highest BCUT2D eigenvalue weighted by Crippen LogP contribution is 2.34. The molecule has 1 atom stereocenters. The number of nitrogens with one attached hydrogen (secondary N) is 1. The van der Waals surface area contributed by atoms with Crippen molar-refractivity contribution < 1.29 is 17.9 Å². The van der Waals surface area contributed by atoms with Crippen LogP contribution in [0.2, 0.25) is 0 Å². The van der Waals surface area contributed by atoms with Gasteiger partial charge in [0.15, 0.2) is 11.5 Å². The number of hydrogen-bond donors (Lipinski definition) is 1. The first-order valence-electron chi connectivity index (χ1n) is 7.77. The molecule has 0 saturated heterocycles. The van der Waals surface area contributed by atoms with Gasteiger partial charge in [-0.05, 0) is 56.5 Å². The number of benzene rings is 2. The van der Waals surface area contributed by atoms with Crippen molar-refractivity contribution in [2.75, 3.05) is 6.79 Å². The quantitative estimate of drug-likeness (QED) is 0.921. The molecule has 3 rings (SSSR count). The zero-order valence-electron chi connectivity index (χ0n) is 14.2. The van der Waals surface area contributed by atoms with E-state index in [1.54, 1.807) is 6.07 Å². The number of ether oxygens (including phenoxy) is 2. The zero-order chi connectivity index (χ0) is 17.5. The van der Waals surface area contributed by atoms with E-state index in [9.17, 15) is 8.42 Å². The highest BCUT2D eigenvalue weighted by atomic mass is 32.2. The van der Waals surface area contributed by atoms with Crippen LogP contribution in [0.15, 0.2) is 35.2 Å². The third-order valence-corrected chi connectivity index (χ3v) is 5.95. The Morgan fingerprint density at radius 3 is 2.29 bits per heavy atom. The zero-order valence-corrected chi connectivity index (χ0v) is 15.0. The van der Waals surface area contributed by atoms with Crippen LogP contribution < -0.4 is 14.2 Å². The molecule has 1 N–H and O–H groups in total. The summed E-state index contributed by atoms with van der Waals surface area (Å²) >= 11 is 0. The van der Waals surface area contributed by atoms with Crippen LogP contribution in [0, 0.1) is 20.8 Å². The third-order valence-electron chi connectivity index (χ3n) is 4.10. The van der Waals surface area contributed by atoms with E-state index < -0.39 is 10.0 Å². The van der Waals surface area contributed by atoms with Crippen LogP contribution in [0.5, 0.6) is 11.5 Å². The first-order valence-corrected chi connectivity index (χ1v) is 9.26. The number of rotatable bonds is 4. The lowest BCUT2D eigenvalue weighted by molar-refractivity contribution is 0.174. The molecule has 0 spiro atoms. The van der Waals surface area contributed by atoms with Crippen molar-refractivity contribution in [2.24, 2.45) is 0 Å². The molecule has 128 valence electrons. The number of hydrogen-bond acceptors (Lipinski definition) is 4. The van der Waals surface area contributed by atoms with Crippen LogP contribution >= 0.6 is 0 Å². The van der Waals surface area contributed by atoms with Crippen LogP contribution in [-0.2, 0) is 10.0 Å². The van der Waals surface area contributed by atoms with Gasteiger partial charge in [-0.25, -0.2) is 13.1 Å². The molecular formula is C18H21NO4S. The summed E-state index contributed by atoms with van der Waals surface area (Å²) in [5.74, 6) is 1.32. The Morgan fingerprint density at radius 2 is 1.62 bits per heavy atom. The molecular weight excluding hydrogens is 326 g/mol. The van der Waals surface area contributed by atoms with Gasteiger partial charge in [-0.3, -0.25) is 0 Å². The Hall–Kier alpha value is -2.05. The SMILES string of the molecule is Cc1cc(C)c(S(=O)(=O)N[C@@H](C)c2ccc3c(c2)OCO3)c(C)c1. The molecule has 0 saturated carbocycles. The van der Waals surface area contributed by atoms with Crippen molar-refractivity contribution in [3.8, 4) is 11.5 Å². The van der Waals surface area contributed by atoms with E-state index in [0.29, 0.717) is 16.4 Å². The van der Waals surface area contributed by atoms with E-state index in [1.807, 2.05) is 52.0 Å². The van der Waals surface area contributed by atoms with Gasteiger partial charge in [0.25, 0.3) is 0 Å². The monoisotopic (exact) mass is 347 g/mol. The molecule has 5 nitrogen and oxygen atoms in total. The Morgan fingerprint density at radius 1 is 1.00 bits per heavy atom. The minimum atomic E-state index is -3.62. The summed E-state index contributed by atoms with van der Waals surface area (Å²) in [7, 11) is -3.62. The van der Waals surface area contributed by atoms with E-state index in [2.05, 4.69) is 4.72 Å². The first-order chi connectivity index (χ1) is 11.3. The predicted octanol–water partition coefficient (Wildman–Crippen LogP) is 3.38. The Labute approximate surface area is 142 Å². The largest absolute Gasteiger partial charge is 0.454 e. The lowest BCUT2D eigenvalue weighted by Crippen LogP contribution is -2.28. The van der Waals surface area contributed by atoms with Crippen molar-refractivity contribution in [1.82, 2.24) is 4.72 Å². The summed E-state index contributed by atoms with van der Waals surface area (Å²) in [5, 5.41) is 0. The molecule has 0 radical (unpaired) electrons. The van der Waals surface area contributed by atoms with Gasteiger partial charge >= 0.3 is 0 Å². The highest BCUT2D eigenvalue weighted by Gasteiger charge is 2.24. The van der Waals surface area contributed by atoms with E-state index in [-0.39, 0.29) is 12.8 Å². The number of aryl methyl sites for hydroxylation is 3. The topological polar surface area (TPSA) is 64.6 Å². The molecule has 6 heteroatoms. The highest BCUT2D eigenvalue weighted by molar-refractivity contribution is 7.89. The van der Waals surface area contributed by atoms with Gasteiger partial charge in [0.1, 0.15) is 0 Å². The van der Waals surface area contributed by atoms with Crippen molar-refractivity contribution in [1.29, 1.82) is 0 Å². The Bertz CT molecular complexity index is 867. The molecule has 24 heavy (non-hydrogen) atoms. The maximum Gasteiger partial charge on any atom is 0.241 e. The third kappa shape index (κ3) is 3.12. The lowest BCUT2D eigenvalue weighted by Gasteiger charge is -2.18. The van der Waals surface area contributed by atoms with Gasteiger partial charge in [0.2, 0.25) is 16.8 Å². The second-order valence-corrected chi connectivity index (χ2v) is 7.83. The molecule has 0 aliphatic carbocycles. The fourth-order valence-electron chi connectivity index (χ4n) is 3.13. The van der Waals surface area contributed by atoms with Crippen LogP contribution in [0.25, 0.3) is 0 Å². The summed E-state index contributed by atoms with van der Waals surface area (Å²) in [6.45, 7) is 7.60. The van der Waals surface area contributed by atoms with Gasteiger partial charge in [0, 0.05) is 6.04 Å². The summed E-state index contributed by atoms with van der Waals surface area (Å²) in [6, 6.07) is 8.83. The molecule has 1 heterocycles. The average Bonchev–Trinajstić information content (AvgIpc) is 2.92. The van der Waals surface area contributed by atoms with E-state index >= 15 is 0 Å². The average molecular weight is 347 g/mol. The molecule has 0 aromatic heterocycles. The Balaban J connectivity index is 1.89. The van der Waals surface area contributed by atoms with Gasteiger partial charge < -0.3 is 9.47 Å². The van der Waals surface area contributed by atoms with Crippen molar-refractivity contribution in [3.63, 3.8) is 0 Å². The standard InChI is InChI=1S/C18H21NO4S/c1-11-7-12(2)18(13(3)8-11)24(20,21)19-14(4)15-5-6-16-17(9-15)23-10-22-16/h5-9,14,19H,10H2,1-4H3/t14-/m0/s1. The minimum Gasteiger partial charge on any atom is -0.454 e. The normalized spacial score (nSPS) is 14.7. The van der Waals surface area contributed by atoms with Crippen LogP contribution in [-0.4, -0.2) is 15.2 Å². The maximum absolute atomic E-state index is 12.8. The van der Waals surface area contributed by atoms with Gasteiger partial charge in [-0.2, -0.15) is 0 Å². The lowest BCUT2D eigenvalue weighted by atomic mass is 10.1. The van der Waals surface area contributed by atoms with E-state index in [1.165, 1.54) is 0 Å². The van der Waals surface area contributed by atoms with Gasteiger partial charge in [0.05, 0.1) is 4.90 Å². The maximum atomic E-state index is 12.8. The Kier molecular flexibility index (Phi) is 4.27. The molecule has 0 bridgehead atoms. The molecule has 0 fully saturated rings. The fourth-order valence-corrected chi connectivity index (χ4v) is 4.82. The first kappa shape index (κ1) is 16.8. The van der Waals surface area contributed by atoms with Gasteiger partial charge in [-0.1, -0.05) is 23.8 Å². The predicted molar refractivity (Wildman–Crippen MR) is 92.0 cm³/mol. The molecule has 0 unspecified atom stereocenters. The van der Waals surface area contributed by atoms with Crippen LogP contribution in [0.1, 0.15) is 35.2 Å². The van der Waals surface area contributed by atoms with Gasteiger partial charge in [-0.15, -0.1) is 0 Å². The molecule has 2 aromatic carbocycles. The fraction of sp³-hybridized carbons (Fsp3) is 0.333. The second kappa shape index (κ2) is 6.11. The van der Waals surface area contributed by atoms with Crippen molar-refractivity contribution in [3.05, 3.63) is 52.6 Å². The molecule has 1 aliphatic rings. The second-order valence-electron chi connectivity index (χ2n) is 6.18. The summed E-state index contributed by atoms with van der Waals surface area (Å²) in [6.07, 6.45) is 0. The van der Waals surface area contributed by atoms with Crippen LogP contribution in [0.4, 0.5) is 0 Å². The number of fused-ring (bicyclic) bond motifs is 1. The van der Waals surface area contributed by atoms with E-state index in [4.69, 9.17) is 9.47 Å². The minimum absolute atomic E-state index is 0.195. The molecule has 2 aromatic rings. The van der Waals surface area contributed by atoms with Crippen LogP contribution in [0.3, 0.4) is 0 Å². The van der Waals surface area contributed by atoms with Crippen molar-refractivity contribution >= 4 is 10.0 Å². The number of sulfonamides is 1. The summed E-state index contributed by atoms with van der Waals surface area (Å²) in [4.78, 5) is 0.348. The van der Waals surface area contributed by atoms with Crippen molar-refractivity contribution in [2.45, 2.75) is 38.6 Å². The summed E-state index contributed by atoms with van der Waals surface area (Å²) in [5.41, 5.74) is 3.37. The molecule has 0 amide bonds. The molecule has 1 aliphatic heterocycles. The van der Waals surface area contributed by atoms with E-state index in [0.717, 1.165) is 22.3 Å².